The minimum Gasteiger partial charge on any atom is -0.480 e. The summed E-state index contributed by atoms with van der Waals surface area (Å²) in [6.45, 7) is 0.753. The van der Waals surface area contributed by atoms with Gasteiger partial charge in [-0.2, -0.15) is 0 Å². The minimum atomic E-state index is -1.15. The van der Waals surface area contributed by atoms with E-state index in [1.807, 2.05) is 71.3 Å². The molecule has 5 rings (SSSR count). The lowest BCUT2D eigenvalue weighted by Gasteiger charge is -2.17. The average Bonchev–Trinajstić information content (AvgIpc) is 3.45. The second-order valence-corrected chi connectivity index (χ2v) is 8.59. The fourth-order valence-corrected chi connectivity index (χ4v) is 4.58. The normalized spacial score (nSPS) is 13.0. The van der Waals surface area contributed by atoms with Gasteiger partial charge in [-0.15, -0.1) is 0 Å². The van der Waals surface area contributed by atoms with E-state index in [0.29, 0.717) is 12.2 Å². The fraction of sp³-hybridized carbons (Fsp3) is 0.179. The number of carboxylic acid groups (broad SMARTS) is 1. The minimum absolute atomic E-state index is 0.0569. The molecular weight excluding hydrogens is 442 g/mol. The summed E-state index contributed by atoms with van der Waals surface area (Å²) in [5.74, 6) is -1.23. The van der Waals surface area contributed by atoms with Crippen molar-refractivity contribution in [3.63, 3.8) is 0 Å². The monoisotopic (exact) mass is 467 g/mol. The molecule has 4 aromatic rings. The maximum absolute atomic E-state index is 12.6. The molecule has 7 nitrogen and oxygen atoms in total. The number of hydrogen-bond donors (Lipinski definition) is 2. The Bertz CT molecular complexity index is 1300. The van der Waals surface area contributed by atoms with Crippen molar-refractivity contribution in [3.05, 3.63) is 114 Å². The van der Waals surface area contributed by atoms with Gasteiger partial charge in [0.15, 0.2) is 0 Å². The maximum atomic E-state index is 12.6. The maximum Gasteiger partial charge on any atom is 0.407 e. The number of carboxylic acids is 1. The van der Waals surface area contributed by atoms with E-state index in [0.717, 1.165) is 27.8 Å². The summed E-state index contributed by atoms with van der Waals surface area (Å²) in [7, 11) is 0. The lowest BCUT2D eigenvalue weighted by atomic mass is 9.98. The number of amides is 1. The molecule has 1 amide bonds. The van der Waals surface area contributed by atoms with Crippen LogP contribution in [0.25, 0.3) is 11.1 Å². The second-order valence-electron chi connectivity index (χ2n) is 8.59. The summed E-state index contributed by atoms with van der Waals surface area (Å²) < 4.78 is 7.39. The van der Waals surface area contributed by atoms with E-state index in [4.69, 9.17) is 4.74 Å². The second kappa shape index (κ2) is 9.85. The first-order valence-electron chi connectivity index (χ1n) is 11.5. The number of benzene rings is 3. The van der Waals surface area contributed by atoms with E-state index >= 15 is 0 Å². The van der Waals surface area contributed by atoms with Crippen molar-refractivity contribution >= 4 is 12.1 Å². The van der Waals surface area contributed by atoms with Crippen molar-refractivity contribution < 1.29 is 19.4 Å². The van der Waals surface area contributed by atoms with Gasteiger partial charge < -0.3 is 19.7 Å². The van der Waals surface area contributed by atoms with E-state index in [1.54, 1.807) is 12.5 Å². The quantitative estimate of drug-likeness (QED) is 0.399. The predicted octanol–water partition coefficient (Wildman–Crippen LogP) is 4.47. The number of carbonyl (C=O) groups excluding carboxylic acids is 1. The molecule has 0 spiro atoms. The Morgan fingerprint density at radius 1 is 0.943 bits per heavy atom. The molecule has 0 saturated carbocycles. The van der Waals surface area contributed by atoms with Crippen LogP contribution in [0.5, 0.6) is 0 Å². The van der Waals surface area contributed by atoms with E-state index < -0.39 is 18.1 Å². The SMILES string of the molecule is O=C(NC(Cc1cn(Cc2ccccc2)cn1)C(=O)O)OCC1c2ccccc2-c2ccccc21. The van der Waals surface area contributed by atoms with Crippen LogP contribution in [0.3, 0.4) is 0 Å². The average molecular weight is 468 g/mol. The summed E-state index contributed by atoms with van der Waals surface area (Å²) >= 11 is 0. The molecule has 1 aromatic heterocycles. The van der Waals surface area contributed by atoms with Crippen molar-refractivity contribution in [2.45, 2.75) is 24.9 Å². The van der Waals surface area contributed by atoms with Gasteiger partial charge in [-0.05, 0) is 27.8 Å². The molecule has 1 aliphatic rings. The van der Waals surface area contributed by atoms with Crippen LogP contribution in [-0.2, 0) is 22.5 Å². The van der Waals surface area contributed by atoms with Gasteiger partial charge >= 0.3 is 12.1 Å². The number of ether oxygens (including phenoxy) is 1. The number of aromatic nitrogens is 2. The number of imidazole rings is 1. The third kappa shape index (κ3) is 4.94. The summed E-state index contributed by atoms with van der Waals surface area (Å²) in [4.78, 5) is 28.7. The van der Waals surface area contributed by atoms with Crippen molar-refractivity contribution in [1.29, 1.82) is 0 Å². The lowest BCUT2D eigenvalue weighted by molar-refractivity contribution is -0.139. The third-order valence-electron chi connectivity index (χ3n) is 6.24. The van der Waals surface area contributed by atoms with E-state index in [-0.39, 0.29) is 18.9 Å². The van der Waals surface area contributed by atoms with Gasteiger partial charge in [0.1, 0.15) is 12.6 Å². The van der Waals surface area contributed by atoms with E-state index in [2.05, 4.69) is 22.4 Å². The smallest absolute Gasteiger partial charge is 0.407 e. The Morgan fingerprint density at radius 3 is 2.23 bits per heavy atom. The molecule has 0 radical (unpaired) electrons. The van der Waals surface area contributed by atoms with Crippen LogP contribution in [-0.4, -0.2) is 39.4 Å². The third-order valence-corrected chi connectivity index (χ3v) is 6.24. The van der Waals surface area contributed by atoms with Gasteiger partial charge in [-0.3, -0.25) is 0 Å². The number of rotatable bonds is 8. The number of nitrogens with zero attached hydrogens (tertiary/aromatic N) is 2. The lowest BCUT2D eigenvalue weighted by Crippen LogP contribution is -2.43. The molecule has 7 heteroatoms. The topological polar surface area (TPSA) is 93.5 Å². The van der Waals surface area contributed by atoms with Gasteiger partial charge in [0.05, 0.1) is 12.0 Å². The molecule has 1 atom stereocenters. The number of fused-ring (bicyclic) bond motifs is 3. The van der Waals surface area contributed by atoms with E-state index in [9.17, 15) is 14.7 Å². The molecule has 2 N–H and O–H groups in total. The highest BCUT2D eigenvalue weighted by Gasteiger charge is 2.30. The van der Waals surface area contributed by atoms with Crippen molar-refractivity contribution in [1.82, 2.24) is 14.9 Å². The number of carbonyl (C=O) groups is 2. The Balaban J connectivity index is 1.21. The molecular formula is C28H25N3O4. The zero-order valence-electron chi connectivity index (χ0n) is 19.0. The number of nitrogens with one attached hydrogen (secondary N) is 1. The van der Waals surface area contributed by atoms with E-state index in [1.165, 1.54) is 0 Å². The number of aliphatic carboxylic acids is 1. The predicted molar refractivity (Wildman–Crippen MR) is 131 cm³/mol. The molecule has 0 fully saturated rings. The Morgan fingerprint density at radius 2 is 1.57 bits per heavy atom. The molecule has 3 aromatic carbocycles. The van der Waals surface area contributed by atoms with Gasteiger partial charge in [-0.1, -0.05) is 78.9 Å². The number of alkyl carbamates (subject to hydrolysis) is 1. The molecule has 0 bridgehead atoms. The van der Waals surface area contributed by atoms with Crippen molar-refractivity contribution in [2.24, 2.45) is 0 Å². The summed E-state index contributed by atoms with van der Waals surface area (Å²) in [6, 6.07) is 24.9. The first-order valence-corrected chi connectivity index (χ1v) is 11.5. The Labute approximate surface area is 203 Å². The van der Waals surface area contributed by atoms with Crippen LogP contribution in [0.15, 0.2) is 91.4 Å². The highest BCUT2D eigenvalue weighted by molar-refractivity contribution is 5.81. The molecule has 35 heavy (non-hydrogen) atoms. The van der Waals surface area contributed by atoms with Gasteiger partial charge in [0, 0.05) is 25.1 Å². The molecule has 176 valence electrons. The number of hydrogen-bond acceptors (Lipinski definition) is 4. The van der Waals surface area contributed by atoms with Gasteiger partial charge in [0.25, 0.3) is 0 Å². The van der Waals surface area contributed by atoms with Crippen LogP contribution in [0, 0.1) is 0 Å². The Kier molecular flexibility index (Phi) is 6.30. The first-order chi connectivity index (χ1) is 17.1. The fourth-order valence-electron chi connectivity index (χ4n) is 4.58. The largest absolute Gasteiger partial charge is 0.480 e. The zero-order chi connectivity index (χ0) is 24.2. The molecule has 0 saturated heterocycles. The molecule has 1 unspecified atom stereocenters. The highest BCUT2D eigenvalue weighted by Crippen LogP contribution is 2.44. The van der Waals surface area contributed by atoms with Crippen LogP contribution in [0.2, 0.25) is 0 Å². The summed E-state index contributed by atoms with van der Waals surface area (Å²) in [6.07, 6.45) is 2.75. The standard InChI is InChI=1S/C28H25N3O4/c32-27(33)26(14-20-16-31(18-29-20)15-19-8-2-1-3-9-19)30-28(34)35-17-25-23-12-6-4-10-21(23)22-11-5-7-13-24(22)25/h1-13,16,18,25-26H,14-15,17H2,(H,30,34)(H,32,33). The zero-order valence-corrected chi connectivity index (χ0v) is 19.0. The van der Waals surface area contributed by atoms with Crippen LogP contribution < -0.4 is 5.32 Å². The summed E-state index contributed by atoms with van der Waals surface area (Å²) in [5, 5.41) is 12.1. The highest BCUT2D eigenvalue weighted by atomic mass is 16.5. The Hall–Kier alpha value is -4.39. The molecule has 0 aliphatic heterocycles. The van der Waals surface area contributed by atoms with Crippen LogP contribution in [0.1, 0.15) is 28.3 Å². The van der Waals surface area contributed by atoms with Gasteiger partial charge in [-0.25, -0.2) is 14.6 Å². The van der Waals surface area contributed by atoms with Crippen molar-refractivity contribution in [3.8, 4) is 11.1 Å². The van der Waals surface area contributed by atoms with Crippen molar-refractivity contribution in [2.75, 3.05) is 6.61 Å². The van der Waals surface area contributed by atoms with Crippen LogP contribution >= 0.6 is 0 Å². The summed E-state index contributed by atoms with van der Waals surface area (Å²) in [5.41, 5.74) is 6.15. The molecule has 1 heterocycles. The van der Waals surface area contributed by atoms with Gasteiger partial charge in [0.2, 0.25) is 0 Å². The van der Waals surface area contributed by atoms with Crippen LogP contribution in [0.4, 0.5) is 4.79 Å². The first kappa shape index (κ1) is 22.4. The molecule has 1 aliphatic carbocycles.